The topological polar surface area (TPSA) is 76.0 Å². The van der Waals surface area contributed by atoms with Crippen LogP contribution in [0.2, 0.25) is 0 Å². The van der Waals surface area contributed by atoms with Gasteiger partial charge in [0.05, 0.1) is 27.7 Å². The molecule has 0 heterocycles. The average Bonchev–Trinajstić information content (AvgIpc) is 2.01. The van der Waals surface area contributed by atoms with Crippen molar-refractivity contribution in [3.8, 4) is 0 Å². The molecule has 0 aliphatic rings. The van der Waals surface area contributed by atoms with Crippen molar-refractivity contribution < 1.29 is 28.1 Å². The van der Waals surface area contributed by atoms with E-state index < -0.39 is 7.82 Å². The Morgan fingerprint density at radius 3 is 2.20 bits per heavy atom. The van der Waals surface area contributed by atoms with Gasteiger partial charge in [0.2, 0.25) is 0 Å². The molecule has 92 valence electrons. The van der Waals surface area contributed by atoms with Gasteiger partial charge < -0.3 is 14.5 Å². The van der Waals surface area contributed by atoms with E-state index in [1.54, 1.807) is 0 Å². The van der Waals surface area contributed by atoms with Gasteiger partial charge in [0.1, 0.15) is 13.2 Å². The number of phosphoric ester groups is 1. The zero-order valence-electron chi connectivity index (χ0n) is 9.55. The Balaban J connectivity index is 3.69. The third-order valence-electron chi connectivity index (χ3n) is 1.57. The van der Waals surface area contributed by atoms with Gasteiger partial charge in [0, 0.05) is 6.61 Å². The fourth-order valence-electron chi connectivity index (χ4n) is 0.712. The number of quaternary nitrogens is 1. The van der Waals surface area contributed by atoms with Crippen LogP contribution in [-0.2, 0) is 13.6 Å². The van der Waals surface area contributed by atoms with E-state index in [1.165, 1.54) is 0 Å². The lowest BCUT2D eigenvalue weighted by molar-refractivity contribution is -0.870. The molecule has 0 aliphatic carbocycles. The maximum atomic E-state index is 11.2. The zero-order valence-corrected chi connectivity index (χ0v) is 10.4. The summed E-state index contributed by atoms with van der Waals surface area (Å²) in [4.78, 5) is 9.16. The van der Waals surface area contributed by atoms with Gasteiger partial charge in [-0.3, -0.25) is 9.05 Å². The minimum Gasteiger partial charge on any atom is -0.396 e. The molecule has 0 spiro atoms. The highest BCUT2D eigenvalue weighted by Crippen LogP contribution is 2.42. The summed E-state index contributed by atoms with van der Waals surface area (Å²) in [6.45, 7) is 0.734. The summed E-state index contributed by atoms with van der Waals surface area (Å²) in [5, 5.41) is 8.45. The Hall–Kier alpha value is 0.0300. The SMILES string of the molecule is C[N+](C)(C)CCOP(=O)(O)OCCCO. The lowest BCUT2D eigenvalue weighted by Gasteiger charge is -2.23. The molecule has 0 radical (unpaired) electrons. The van der Waals surface area contributed by atoms with Gasteiger partial charge in [-0.25, -0.2) is 4.57 Å². The van der Waals surface area contributed by atoms with Crippen molar-refractivity contribution in [1.82, 2.24) is 0 Å². The van der Waals surface area contributed by atoms with E-state index in [4.69, 9.17) is 14.5 Å². The number of nitrogens with zero attached hydrogens (tertiary/aromatic N) is 1. The summed E-state index contributed by atoms with van der Waals surface area (Å²) in [6.07, 6.45) is 0.323. The molecule has 0 bridgehead atoms. The minimum atomic E-state index is -3.93. The predicted molar refractivity (Wildman–Crippen MR) is 56.3 cm³/mol. The number of aliphatic hydroxyl groups excluding tert-OH is 1. The fourth-order valence-corrected chi connectivity index (χ4v) is 1.46. The van der Waals surface area contributed by atoms with Crippen LogP contribution in [0.3, 0.4) is 0 Å². The van der Waals surface area contributed by atoms with Crippen LogP contribution < -0.4 is 0 Å². The van der Waals surface area contributed by atoms with E-state index in [0.717, 1.165) is 0 Å². The Bertz CT molecular complexity index is 216. The van der Waals surface area contributed by atoms with Crippen LogP contribution in [0.4, 0.5) is 0 Å². The summed E-state index contributed by atoms with van der Waals surface area (Å²) < 4.78 is 21.2. The maximum Gasteiger partial charge on any atom is 0.472 e. The van der Waals surface area contributed by atoms with Crippen molar-refractivity contribution in [3.63, 3.8) is 0 Å². The molecule has 0 aliphatic heterocycles. The van der Waals surface area contributed by atoms with Crippen LogP contribution >= 0.6 is 7.82 Å². The third-order valence-corrected chi connectivity index (χ3v) is 2.59. The molecular weight excluding hydrogens is 221 g/mol. The van der Waals surface area contributed by atoms with Gasteiger partial charge in [0.25, 0.3) is 0 Å². The molecule has 1 atom stereocenters. The van der Waals surface area contributed by atoms with Gasteiger partial charge in [-0.1, -0.05) is 0 Å². The molecule has 0 saturated carbocycles. The molecule has 15 heavy (non-hydrogen) atoms. The van der Waals surface area contributed by atoms with Crippen molar-refractivity contribution in [3.05, 3.63) is 0 Å². The molecular formula is C8H21NO5P+. The number of likely N-dealkylation sites (N-methyl/N-ethyl adjacent to an activating group) is 1. The predicted octanol–water partition coefficient (Wildman–Crippen LogP) is 0.209. The molecule has 0 saturated heterocycles. The quantitative estimate of drug-likeness (QED) is 0.361. The second-order valence-electron chi connectivity index (χ2n) is 4.23. The van der Waals surface area contributed by atoms with Gasteiger partial charge in [-0.15, -0.1) is 0 Å². The maximum absolute atomic E-state index is 11.2. The molecule has 0 fully saturated rings. The highest BCUT2D eigenvalue weighted by atomic mass is 31.2. The van der Waals surface area contributed by atoms with E-state index >= 15 is 0 Å². The fraction of sp³-hybridized carbons (Fsp3) is 1.00. The lowest BCUT2D eigenvalue weighted by atomic mass is 10.5. The molecule has 0 aromatic heterocycles. The summed E-state index contributed by atoms with van der Waals surface area (Å²) in [5.74, 6) is 0. The van der Waals surface area contributed by atoms with Crippen LogP contribution in [0.25, 0.3) is 0 Å². The van der Waals surface area contributed by atoms with Crippen molar-refractivity contribution in [1.29, 1.82) is 0 Å². The first kappa shape index (κ1) is 15.0. The summed E-state index contributed by atoms with van der Waals surface area (Å²) in [5.41, 5.74) is 0. The molecule has 6 nitrogen and oxygen atoms in total. The summed E-state index contributed by atoms with van der Waals surface area (Å²) in [6, 6.07) is 0. The number of rotatable bonds is 8. The highest BCUT2D eigenvalue weighted by Gasteiger charge is 2.21. The van der Waals surface area contributed by atoms with Crippen LogP contribution in [0, 0.1) is 0 Å². The van der Waals surface area contributed by atoms with Gasteiger partial charge in [-0.05, 0) is 6.42 Å². The molecule has 0 amide bonds. The van der Waals surface area contributed by atoms with E-state index in [0.29, 0.717) is 17.4 Å². The second kappa shape index (κ2) is 6.58. The van der Waals surface area contributed by atoms with Gasteiger partial charge in [0.15, 0.2) is 0 Å². The molecule has 2 N–H and O–H groups in total. The Morgan fingerprint density at radius 2 is 1.73 bits per heavy atom. The smallest absolute Gasteiger partial charge is 0.396 e. The third kappa shape index (κ3) is 10.3. The van der Waals surface area contributed by atoms with E-state index in [9.17, 15) is 4.57 Å². The number of hydrogen-bond acceptors (Lipinski definition) is 4. The zero-order chi connectivity index (χ0) is 11.9. The Kier molecular flexibility index (Phi) is 6.59. The van der Waals surface area contributed by atoms with Crippen molar-refractivity contribution >= 4 is 7.82 Å². The van der Waals surface area contributed by atoms with Crippen molar-refractivity contribution in [2.24, 2.45) is 0 Å². The van der Waals surface area contributed by atoms with E-state index in [-0.39, 0.29) is 19.8 Å². The first-order valence-electron chi connectivity index (χ1n) is 4.80. The molecule has 7 heteroatoms. The first-order valence-corrected chi connectivity index (χ1v) is 6.29. The van der Waals surface area contributed by atoms with Crippen LogP contribution in [0.1, 0.15) is 6.42 Å². The van der Waals surface area contributed by atoms with Crippen molar-refractivity contribution in [2.75, 3.05) is 47.5 Å². The second-order valence-corrected chi connectivity index (χ2v) is 5.68. The van der Waals surface area contributed by atoms with Gasteiger partial charge in [-0.2, -0.15) is 0 Å². The number of phosphoric acid groups is 1. The normalized spacial score (nSPS) is 16.3. The van der Waals surface area contributed by atoms with E-state index in [2.05, 4.69) is 4.52 Å². The molecule has 0 rings (SSSR count). The summed E-state index contributed by atoms with van der Waals surface area (Å²) >= 11 is 0. The Labute approximate surface area is 90.6 Å². The lowest BCUT2D eigenvalue weighted by Crippen LogP contribution is -2.37. The number of aliphatic hydroxyl groups is 1. The minimum absolute atomic E-state index is 0.0225. The van der Waals surface area contributed by atoms with Crippen LogP contribution in [0.5, 0.6) is 0 Å². The van der Waals surface area contributed by atoms with Crippen LogP contribution in [-0.4, -0.2) is 62.0 Å². The largest absolute Gasteiger partial charge is 0.472 e. The first-order chi connectivity index (χ1) is 6.77. The average molecular weight is 242 g/mol. The van der Waals surface area contributed by atoms with Crippen molar-refractivity contribution in [2.45, 2.75) is 6.42 Å². The molecule has 0 aromatic rings. The van der Waals surface area contributed by atoms with E-state index in [1.807, 2.05) is 21.1 Å². The summed E-state index contributed by atoms with van der Waals surface area (Å²) in [7, 11) is 1.94. The van der Waals surface area contributed by atoms with Crippen LogP contribution in [0.15, 0.2) is 0 Å². The molecule has 1 unspecified atom stereocenters. The van der Waals surface area contributed by atoms with Gasteiger partial charge >= 0.3 is 7.82 Å². The monoisotopic (exact) mass is 242 g/mol. The molecule has 0 aromatic carbocycles. The Morgan fingerprint density at radius 1 is 1.20 bits per heavy atom. The standard InChI is InChI=1S/C8H20NO5P/c1-9(2,3)5-8-14-15(11,12)13-7-4-6-10/h10H,4-8H2,1-3H3/p+1. The highest BCUT2D eigenvalue weighted by molar-refractivity contribution is 7.47. The number of hydrogen-bond donors (Lipinski definition) is 2.